The summed E-state index contributed by atoms with van der Waals surface area (Å²) in [7, 11) is 0. The average Bonchev–Trinajstić information content (AvgIpc) is 2.53. The molecule has 120 valence electrons. The van der Waals surface area contributed by atoms with Gasteiger partial charge in [-0.3, -0.25) is 14.5 Å². The zero-order valence-corrected chi connectivity index (χ0v) is 13.6. The van der Waals surface area contributed by atoms with Crippen molar-refractivity contribution in [3.8, 4) is 0 Å². The Labute approximate surface area is 132 Å². The fourth-order valence-corrected chi connectivity index (χ4v) is 2.97. The Morgan fingerprint density at radius 2 is 1.64 bits per heavy atom. The largest absolute Gasteiger partial charge is 0.481 e. The lowest BCUT2D eigenvalue weighted by atomic mass is 9.94. The maximum absolute atomic E-state index is 12.6. The maximum Gasteiger partial charge on any atom is 0.306 e. The molecule has 1 aliphatic rings. The second-order valence-corrected chi connectivity index (χ2v) is 6.47. The number of Topliss-reactive ketones (excluding diaryl/α,β-unsaturated/α-hetero) is 1. The van der Waals surface area contributed by atoms with Crippen molar-refractivity contribution in [1.82, 2.24) is 4.90 Å². The molecular formula is C18H25NO3. The Morgan fingerprint density at radius 3 is 2.09 bits per heavy atom. The van der Waals surface area contributed by atoms with Crippen molar-refractivity contribution >= 4 is 11.8 Å². The molecular weight excluding hydrogens is 278 g/mol. The van der Waals surface area contributed by atoms with Crippen LogP contribution in [0, 0.1) is 5.92 Å². The van der Waals surface area contributed by atoms with Crippen LogP contribution in [-0.2, 0) is 4.79 Å². The smallest absolute Gasteiger partial charge is 0.306 e. The quantitative estimate of drug-likeness (QED) is 0.849. The van der Waals surface area contributed by atoms with Gasteiger partial charge >= 0.3 is 5.97 Å². The van der Waals surface area contributed by atoms with Gasteiger partial charge < -0.3 is 5.11 Å². The topological polar surface area (TPSA) is 57.6 Å². The number of carbonyl (C=O) groups excluding carboxylic acids is 1. The van der Waals surface area contributed by atoms with Gasteiger partial charge in [0.05, 0.1) is 12.0 Å². The van der Waals surface area contributed by atoms with Gasteiger partial charge in [-0.1, -0.05) is 38.1 Å². The predicted octanol–water partition coefficient (Wildman–Crippen LogP) is 3.18. The fraction of sp³-hybridized carbons (Fsp3) is 0.556. The van der Waals surface area contributed by atoms with Crippen LogP contribution in [0.3, 0.4) is 0 Å². The SMILES string of the molecule is CC(C)c1ccc(C(=O)C(C)N2CCC(C(=O)O)CC2)cc1. The van der Waals surface area contributed by atoms with Gasteiger partial charge in [-0.15, -0.1) is 0 Å². The molecule has 4 heteroatoms. The van der Waals surface area contributed by atoms with E-state index in [2.05, 4.69) is 18.7 Å². The number of likely N-dealkylation sites (tertiary alicyclic amines) is 1. The van der Waals surface area contributed by atoms with E-state index in [9.17, 15) is 9.59 Å². The highest BCUT2D eigenvalue weighted by atomic mass is 16.4. The molecule has 1 atom stereocenters. The molecule has 1 saturated heterocycles. The van der Waals surface area contributed by atoms with E-state index in [0.717, 1.165) is 5.56 Å². The van der Waals surface area contributed by atoms with Gasteiger partial charge in [-0.25, -0.2) is 0 Å². The van der Waals surface area contributed by atoms with Gasteiger partial charge in [0, 0.05) is 5.56 Å². The van der Waals surface area contributed by atoms with E-state index in [1.165, 1.54) is 5.56 Å². The molecule has 1 aromatic carbocycles. The third kappa shape index (κ3) is 3.74. The first-order valence-electron chi connectivity index (χ1n) is 8.01. The number of nitrogens with zero attached hydrogens (tertiary/aromatic N) is 1. The lowest BCUT2D eigenvalue weighted by molar-refractivity contribution is -0.143. The molecule has 1 aromatic rings. The van der Waals surface area contributed by atoms with Crippen LogP contribution in [0.5, 0.6) is 0 Å². The molecule has 1 aliphatic heterocycles. The van der Waals surface area contributed by atoms with Crippen LogP contribution in [0.15, 0.2) is 24.3 Å². The number of rotatable bonds is 5. The summed E-state index contributed by atoms with van der Waals surface area (Å²) in [5.41, 5.74) is 1.96. The molecule has 0 radical (unpaired) electrons. The van der Waals surface area contributed by atoms with Crippen LogP contribution >= 0.6 is 0 Å². The summed E-state index contributed by atoms with van der Waals surface area (Å²) < 4.78 is 0. The first-order valence-corrected chi connectivity index (χ1v) is 8.01. The number of ketones is 1. The van der Waals surface area contributed by atoms with E-state index in [0.29, 0.717) is 31.8 Å². The van der Waals surface area contributed by atoms with Crippen LogP contribution < -0.4 is 0 Å². The number of hydrogen-bond acceptors (Lipinski definition) is 3. The first-order chi connectivity index (χ1) is 10.4. The highest BCUT2D eigenvalue weighted by Crippen LogP contribution is 2.21. The second-order valence-electron chi connectivity index (χ2n) is 6.47. The van der Waals surface area contributed by atoms with Crippen molar-refractivity contribution in [3.63, 3.8) is 0 Å². The summed E-state index contributed by atoms with van der Waals surface area (Å²) >= 11 is 0. The van der Waals surface area contributed by atoms with Gasteiger partial charge in [0.15, 0.2) is 5.78 Å². The van der Waals surface area contributed by atoms with Gasteiger partial charge in [0.1, 0.15) is 0 Å². The van der Waals surface area contributed by atoms with E-state index in [4.69, 9.17) is 5.11 Å². The Balaban J connectivity index is 1.99. The lowest BCUT2D eigenvalue weighted by Gasteiger charge is -2.34. The number of hydrogen-bond donors (Lipinski definition) is 1. The van der Waals surface area contributed by atoms with Crippen LogP contribution in [0.25, 0.3) is 0 Å². The minimum atomic E-state index is -0.720. The van der Waals surface area contributed by atoms with Gasteiger partial charge in [0.2, 0.25) is 0 Å². The van der Waals surface area contributed by atoms with E-state index in [1.807, 2.05) is 31.2 Å². The molecule has 0 spiro atoms. The van der Waals surface area contributed by atoms with E-state index < -0.39 is 5.97 Å². The normalized spacial score (nSPS) is 18.4. The van der Waals surface area contributed by atoms with Gasteiger partial charge in [-0.05, 0) is 44.3 Å². The zero-order valence-electron chi connectivity index (χ0n) is 13.6. The Bertz CT molecular complexity index is 528. The van der Waals surface area contributed by atoms with E-state index in [-0.39, 0.29) is 17.7 Å². The lowest BCUT2D eigenvalue weighted by Crippen LogP contribution is -2.45. The molecule has 22 heavy (non-hydrogen) atoms. The van der Waals surface area contributed by atoms with Crippen LogP contribution in [0.2, 0.25) is 0 Å². The first kappa shape index (κ1) is 16.7. The number of carbonyl (C=O) groups is 2. The maximum atomic E-state index is 12.6. The molecule has 1 unspecified atom stereocenters. The van der Waals surface area contributed by atoms with Crippen LogP contribution in [0.1, 0.15) is 55.5 Å². The van der Waals surface area contributed by atoms with Crippen molar-refractivity contribution in [2.24, 2.45) is 5.92 Å². The molecule has 1 N–H and O–H groups in total. The summed E-state index contributed by atoms with van der Waals surface area (Å²) in [5.74, 6) is -0.410. The summed E-state index contributed by atoms with van der Waals surface area (Å²) in [6, 6.07) is 7.64. The molecule has 2 rings (SSSR count). The average molecular weight is 303 g/mol. The van der Waals surface area contributed by atoms with Crippen molar-refractivity contribution in [3.05, 3.63) is 35.4 Å². The minimum Gasteiger partial charge on any atom is -0.481 e. The summed E-state index contributed by atoms with van der Waals surface area (Å²) in [5, 5.41) is 9.04. The van der Waals surface area contributed by atoms with Crippen molar-refractivity contribution < 1.29 is 14.7 Å². The number of piperidine rings is 1. The number of benzene rings is 1. The number of carboxylic acids is 1. The Kier molecular flexibility index (Phi) is 5.35. The molecule has 1 heterocycles. The summed E-state index contributed by atoms with van der Waals surface area (Å²) in [6.07, 6.45) is 1.25. The monoisotopic (exact) mass is 303 g/mol. The van der Waals surface area contributed by atoms with Crippen molar-refractivity contribution in [2.75, 3.05) is 13.1 Å². The molecule has 1 fully saturated rings. The zero-order chi connectivity index (χ0) is 16.3. The minimum absolute atomic E-state index is 0.115. The molecule has 0 aromatic heterocycles. The highest BCUT2D eigenvalue weighted by Gasteiger charge is 2.29. The molecule has 0 saturated carbocycles. The van der Waals surface area contributed by atoms with Crippen LogP contribution in [0.4, 0.5) is 0 Å². The van der Waals surface area contributed by atoms with Crippen molar-refractivity contribution in [2.45, 2.75) is 45.6 Å². The third-order valence-electron chi connectivity index (χ3n) is 4.67. The van der Waals surface area contributed by atoms with E-state index in [1.54, 1.807) is 0 Å². The Hall–Kier alpha value is -1.68. The molecule has 0 amide bonds. The fourth-order valence-electron chi connectivity index (χ4n) is 2.97. The molecule has 0 aliphatic carbocycles. The highest BCUT2D eigenvalue weighted by molar-refractivity contribution is 5.99. The standard InChI is InChI=1S/C18H25NO3/c1-12(2)14-4-6-15(7-5-14)17(20)13(3)19-10-8-16(9-11-19)18(21)22/h4-7,12-13,16H,8-11H2,1-3H3,(H,21,22). The predicted molar refractivity (Wildman–Crippen MR) is 86.3 cm³/mol. The van der Waals surface area contributed by atoms with Gasteiger partial charge in [-0.2, -0.15) is 0 Å². The third-order valence-corrected chi connectivity index (χ3v) is 4.67. The number of aliphatic carboxylic acids is 1. The summed E-state index contributed by atoms with van der Waals surface area (Å²) in [4.78, 5) is 25.7. The molecule has 4 nitrogen and oxygen atoms in total. The Morgan fingerprint density at radius 1 is 1.09 bits per heavy atom. The van der Waals surface area contributed by atoms with Crippen molar-refractivity contribution in [1.29, 1.82) is 0 Å². The van der Waals surface area contributed by atoms with E-state index >= 15 is 0 Å². The molecule has 0 bridgehead atoms. The second kappa shape index (κ2) is 7.05. The van der Waals surface area contributed by atoms with Crippen LogP contribution in [-0.4, -0.2) is 40.9 Å². The number of carboxylic acid groups (broad SMARTS) is 1. The summed E-state index contributed by atoms with van der Waals surface area (Å²) in [6.45, 7) is 7.53. The van der Waals surface area contributed by atoms with Gasteiger partial charge in [0.25, 0.3) is 0 Å².